The molecule has 0 spiro atoms. The first kappa shape index (κ1) is 29.6. The van der Waals surface area contributed by atoms with Gasteiger partial charge in [0.25, 0.3) is 0 Å². The highest BCUT2D eigenvalue weighted by Crippen LogP contribution is 2.11. The van der Waals surface area contributed by atoms with Crippen molar-refractivity contribution in [3.63, 3.8) is 0 Å². The molecule has 5 atom stereocenters. The lowest BCUT2D eigenvalue weighted by Crippen LogP contribution is -2.59. The maximum absolute atomic E-state index is 13.2. The number of hydrogen-bond acceptors (Lipinski definition) is 7. The van der Waals surface area contributed by atoms with Crippen LogP contribution in [-0.4, -0.2) is 68.8 Å². The Hall–Kier alpha value is -3.48. The van der Waals surface area contributed by atoms with E-state index in [9.17, 15) is 29.1 Å². The quantitative estimate of drug-likeness (QED) is 0.156. The van der Waals surface area contributed by atoms with Crippen LogP contribution in [0.5, 0.6) is 0 Å². The van der Waals surface area contributed by atoms with Crippen molar-refractivity contribution in [3.05, 3.63) is 18.2 Å². The molecule has 4 amide bonds. The van der Waals surface area contributed by atoms with Gasteiger partial charge in [0.1, 0.15) is 18.1 Å². The molecule has 1 heterocycles. The van der Waals surface area contributed by atoms with Crippen molar-refractivity contribution in [2.45, 2.75) is 77.5 Å². The Morgan fingerprint density at radius 2 is 1.66 bits per heavy atom. The van der Waals surface area contributed by atoms with E-state index in [2.05, 4.69) is 25.9 Å². The van der Waals surface area contributed by atoms with Crippen molar-refractivity contribution in [1.82, 2.24) is 25.9 Å². The van der Waals surface area contributed by atoms with Crippen LogP contribution in [0.2, 0.25) is 0 Å². The van der Waals surface area contributed by atoms with Gasteiger partial charge in [-0.3, -0.25) is 19.2 Å². The van der Waals surface area contributed by atoms with Crippen LogP contribution in [0.15, 0.2) is 12.5 Å². The molecule has 13 nitrogen and oxygen atoms in total. The Balaban J connectivity index is 3.09. The molecule has 13 heteroatoms. The van der Waals surface area contributed by atoms with Gasteiger partial charge in [0.2, 0.25) is 23.6 Å². The lowest BCUT2D eigenvalue weighted by atomic mass is 9.97. The number of hydrogen-bond donors (Lipinski definition) is 7. The number of carbonyl (C=O) groups excluding carboxylic acids is 4. The Morgan fingerprint density at radius 1 is 1.03 bits per heavy atom. The topological polar surface area (TPSA) is 222 Å². The largest absolute Gasteiger partial charge is 0.480 e. The number of primary amides is 1. The average molecular weight is 496 g/mol. The Labute approximate surface area is 204 Å². The van der Waals surface area contributed by atoms with Gasteiger partial charge in [0, 0.05) is 18.3 Å². The zero-order valence-electron chi connectivity index (χ0n) is 20.5. The fourth-order valence-corrected chi connectivity index (χ4v) is 3.32. The monoisotopic (exact) mass is 495 g/mol. The molecule has 1 rings (SSSR count). The predicted molar refractivity (Wildman–Crippen MR) is 126 cm³/mol. The third-order valence-electron chi connectivity index (χ3n) is 5.48. The van der Waals surface area contributed by atoms with Crippen molar-refractivity contribution < 1.29 is 29.1 Å². The summed E-state index contributed by atoms with van der Waals surface area (Å²) in [5.74, 6) is -4.37. The maximum atomic E-state index is 13.2. The van der Waals surface area contributed by atoms with E-state index < -0.39 is 60.2 Å². The Bertz CT molecular complexity index is 874. The van der Waals surface area contributed by atoms with E-state index in [1.54, 1.807) is 6.92 Å². The Morgan fingerprint density at radius 3 is 2.14 bits per heavy atom. The first-order chi connectivity index (χ1) is 16.3. The summed E-state index contributed by atoms with van der Waals surface area (Å²) in [7, 11) is 0. The van der Waals surface area contributed by atoms with Gasteiger partial charge in [-0.1, -0.05) is 34.1 Å². The third kappa shape index (κ3) is 10.1. The van der Waals surface area contributed by atoms with Crippen LogP contribution in [0, 0.1) is 11.8 Å². The van der Waals surface area contributed by atoms with E-state index >= 15 is 0 Å². The lowest BCUT2D eigenvalue weighted by Gasteiger charge is -2.28. The van der Waals surface area contributed by atoms with Crippen molar-refractivity contribution in [1.29, 1.82) is 0 Å². The second-order valence-corrected chi connectivity index (χ2v) is 9.02. The van der Waals surface area contributed by atoms with E-state index in [1.807, 2.05) is 20.8 Å². The van der Waals surface area contributed by atoms with Crippen LogP contribution in [-0.2, 0) is 30.4 Å². The smallest absolute Gasteiger partial charge is 0.326 e. The molecular formula is C22H37N7O6. The molecule has 9 N–H and O–H groups in total. The van der Waals surface area contributed by atoms with Crippen molar-refractivity contribution in [3.8, 4) is 0 Å². The molecule has 0 saturated heterocycles. The van der Waals surface area contributed by atoms with Crippen molar-refractivity contribution in [2.24, 2.45) is 23.3 Å². The highest BCUT2D eigenvalue weighted by Gasteiger charge is 2.33. The van der Waals surface area contributed by atoms with Gasteiger partial charge in [0.15, 0.2) is 0 Å². The highest BCUT2D eigenvalue weighted by molar-refractivity contribution is 5.95. The summed E-state index contributed by atoms with van der Waals surface area (Å²) < 4.78 is 0. The molecule has 0 aliphatic rings. The molecule has 35 heavy (non-hydrogen) atoms. The van der Waals surface area contributed by atoms with Gasteiger partial charge in [0.05, 0.1) is 18.8 Å². The van der Waals surface area contributed by atoms with E-state index in [-0.39, 0.29) is 24.7 Å². The number of carboxylic acid groups (broad SMARTS) is 1. The van der Waals surface area contributed by atoms with Gasteiger partial charge in [-0.25, -0.2) is 9.78 Å². The molecule has 1 aromatic rings. The summed E-state index contributed by atoms with van der Waals surface area (Å²) >= 11 is 0. The number of nitrogens with two attached hydrogens (primary N) is 2. The number of nitrogens with zero attached hydrogens (tertiary/aromatic N) is 1. The fourth-order valence-electron chi connectivity index (χ4n) is 3.32. The summed E-state index contributed by atoms with van der Waals surface area (Å²) in [4.78, 5) is 68.1. The molecule has 0 aliphatic heterocycles. The normalized spacial score (nSPS) is 15.4. The third-order valence-corrected chi connectivity index (χ3v) is 5.48. The molecule has 5 unspecified atom stereocenters. The number of aromatic amines is 1. The zero-order valence-corrected chi connectivity index (χ0v) is 20.5. The van der Waals surface area contributed by atoms with Gasteiger partial charge >= 0.3 is 5.97 Å². The van der Waals surface area contributed by atoms with E-state index in [0.717, 1.165) is 0 Å². The van der Waals surface area contributed by atoms with Gasteiger partial charge in [-0.15, -0.1) is 0 Å². The minimum Gasteiger partial charge on any atom is -0.480 e. The number of aromatic nitrogens is 2. The second kappa shape index (κ2) is 14.0. The summed E-state index contributed by atoms with van der Waals surface area (Å²) in [5.41, 5.74) is 11.3. The number of nitrogens with one attached hydrogen (secondary N) is 4. The van der Waals surface area contributed by atoms with E-state index in [0.29, 0.717) is 12.1 Å². The van der Waals surface area contributed by atoms with Crippen LogP contribution in [0.4, 0.5) is 0 Å². The minimum atomic E-state index is -1.23. The molecule has 0 aliphatic carbocycles. The highest BCUT2D eigenvalue weighted by atomic mass is 16.4. The molecular weight excluding hydrogens is 458 g/mol. The van der Waals surface area contributed by atoms with Crippen LogP contribution in [0.25, 0.3) is 0 Å². The van der Waals surface area contributed by atoms with Crippen LogP contribution < -0.4 is 27.4 Å². The summed E-state index contributed by atoms with van der Waals surface area (Å²) in [6.07, 6.45) is 3.22. The summed E-state index contributed by atoms with van der Waals surface area (Å²) in [6.45, 7) is 7.21. The van der Waals surface area contributed by atoms with E-state index in [1.165, 1.54) is 12.5 Å². The molecule has 0 bridgehead atoms. The standard InChI is InChI=1S/C22H37N7O6/c1-5-12(4)18(29-19(31)14(23)8-17(24)30)21(33)27-15(7-13-9-25-10-26-13)20(32)28-16(22(34)35)6-11(2)3/h9-12,14-16,18H,5-8,23H2,1-4H3,(H2,24,30)(H,25,26)(H,27,33)(H,28,32)(H,29,31)(H,34,35). The lowest BCUT2D eigenvalue weighted by molar-refractivity contribution is -0.142. The summed E-state index contributed by atoms with van der Waals surface area (Å²) in [5, 5.41) is 17.1. The minimum absolute atomic E-state index is 0.00616. The van der Waals surface area contributed by atoms with Gasteiger partial charge < -0.3 is 37.5 Å². The number of amides is 4. The average Bonchev–Trinajstić information content (AvgIpc) is 3.27. The fraction of sp³-hybridized carbons (Fsp3) is 0.636. The number of imidazole rings is 1. The molecule has 0 aromatic carbocycles. The summed E-state index contributed by atoms with van der Waals surface area (Å²) in [6, 6.07) is -4.59. The number of rotatable bonds is 15. The number of H-pyrrole nitrogens is 1. The molecule has 0 radical (unpaired) electrons. The predicted octanol–water partition coefficient (Wildman–Crippen LogP) is -1.21. The van der Waals surface area contributed by atoms with Crippen LogP contribution >= 0.6 is 0 Å². The first-order valence-electron chi connectivity index (χ1n) is 11.5. The van der Waals surface area contributed by atoms with Crippen LogP contribution in [0.1, 0.15) is 52.7 Å². The molecule has 0 fully saturated rings. The van der Waals surface area contributed by atoms with Gasteiger partial charge in [-0.05, 0) is 18.3 Å². The SMILES string of the molecule is CCC(C)C(NC(=O)C(N)CC(N)=O)C(=O)NC(Cc1cnc[nH]1)C(=O)NC(CC(C)C)C(=O)O. The van der Waals surface area contributed by atoms with Crippen LogP contribution in [0.3, 0.4) is 0 Å². The van der Waals surface area contributed by atoms with Crippen molar-refractivity contribution >= 4 is 29.6 Å². The van der Waals surface area contributed by atoms with Gasteiger partial charge in [-0.2, -0.15) is 0 Å². The molecule has 196 valence electrons. The molecule has 1 aromatic heterocycles. The Kier molecular flexibility index (Phi) is 11.9. The number of aliphatic carboxylic acids is 1. The molecule has 0 saturated carbocycles. The second-order valence-electron chi connectivity index (χ2n) is 9.02. The first-order valence-corrected chi connectivity index (χ1v) is 11.5. The number of carboxylic acids is 1. The number of carbonyl (C=O) groups is 5. The van der Waals surface area contributed by atoms with Crippen molar-refractivity contribution in [2.75, 3.05) is 0 Å². The maximum Gasteiger partial charge on any atom is 0.326 e. The van der Waals surface area contributed by atoms with E-state index in [4.69, 9.17) is 11.5 Å². The zero-order chi connectivity index (χ0) is 26.7.